The molecule has 4 nitrogen and oxygen atoms in total. The first kappa shape index (κ1) is 24.1. The van der Waals surface area contributed by atoms with Crippen LogP contribution in [0.5, 0.6) is 0 Å². The summed E-state index contributed by atoms with van der Waals surface area (Å²) in [6.07, 6.45) is 10.7. The molecule has 0 saturated heterocycles. The molecule has 33 heavy (non-hydrogen) atoms. The van der Waals surface area contributed by atoms with Crippen LogP contribution in [0.2, 0.25) is 0 Å². The lowest BCUT2D eigenvalue weighted by Gasteiger charge is -2.73. The van der Waals surface area contributed by atoms with Gasteiger partial charge in [-0.3, -0.25) is 4.79 Å². The van der Waals surface area contributed by atoms with Gasteiger partial charge in [0.1, 0.15) is 0 Å². The lowest BCUT2D eigenvalue weighted by Crippen LogP contribution is -2.74. The van der Waals surface area contributed by atoms with Crippen LogP contribution in [0.3, 0.4) is 0 Å². The summed E-state index contributed by atoms with van der Waals surface area (Å²) in [4.78, 5) is 12.7. The van der Waals surface area contributed by atoms with E-state index in [1.807, 2.05) is 0 Å². The highest BCUT2D eigenvalue weighted by atomic mass is 16.4. The molecule has 4 N–H and O–H groups in total. The van der Waals surface area contributed by atoms with Gasteiger partial charge < -0.3 is 15.9 Å². The number of aliphatic carboxylic acids is 1. The van der Waals surface area contributed by atoms with Crippen molar-refractivity contribution in [2.45, 2.75) is 124 Å². The van der Waals surface area contributed by atoms with Gasteiger partial charge in [0.2, 0.25) is 0 Å². The summed E-state index contributed by atoms with van der Waals surface area (Å²) in [5, 5.41) is 21.3. The van der Waals surface area contributed by atoms with Gasteiger partial charge in [-0.2, -0.15) is 0 Å². The van der Waals surface area contributed by atoms with Crippen LogP contribution in [-0.4, -0.2) is 27.8 Å². The summed E-state index contributed by atoms with van der Waals surface area (Å²) in [6.45, 7) is 14.3. The van der Waals surface area contributed by atoms with Gasteiger partial charge in [-0.05, 0) is 116 Å². The Morgan fingerprint density at radius 1 is 0.788 bits per heavy atom. The zero-order chi connectivity index (χ0) is 24.2. The van der Waals surface area contributed by atoms with E-state index in [0.29, 0.717) is 17.8 Å². The topological polar surface area (TPSA) is 83.5 Å². The smallest absolute Gasteiger partial charge is 0.309 e. The number of hydrogen-bond acceptors (Lipinski definition) is 3. The Labute approximate surface area is 201 Å². The van der Waals surface area contributed by atoms with Crippen molar-refractivity contribution < 1.29 is 15.0 Å². The second-order valence-corrected chi connectivity index (χ2v) is 15.1. The largest absolute Gasteiger partial charge is 0.481 e. The first-order valence-electron chi connectivity index (χ1n) is 13.8. The molecule has 0 bridgehead atoms. The quantitative estimate of drug-likeness (QED) is 0.449. The number of aliphatic hydroxyl groups is 1. The first-order chi connectivity index (χ1) is 15.1. The fourth-order valence-corrected chi connectivity index (χ4v) is 11.1. The third-order valence-electron chi connectivity index (χ3n) is 13.1. The van der Waals surface area contributed by atoms with Crippen molar-refractivity contribution >= 4 is 5.97 Å². The SMILES string of the molecule is CC1(C)CC[C@]2(C(=O)O)CC[C@]3(N)C(CC[C@@H]4C5(C)CCC(O)C(C)(C)[C@@H]5CCC43C)[C@@H]2C1. The number of aliphatic hydroxyl groups excluding tert-OH is 1. The van der Waals surface area contributed by atoms with Crippen LogP contribution in [0.4, 0.5) is 0 Å². The van der Waals surface area contributed by atoms with Gasteiger partial charge in [-0.25, -0.2) is 0 Å². The number of nitrogens with two attached hydrogens (primary N) is 1. The minimum absolute atomic E-state index is 0.0474. The second-order valence-electron chi connectivity index (χ2n) is 15.1. The molecule has 0 amide bonds. The summed E-state index contributed by atoms with van der Waals surface area (Å²) >= 11 is 0. The molecule has 0 aliphatic heterocycles. The van der Waals surface area contributed by atoms with E-state index >= 15 is 0 Å². The van der Waals surface area contributed by atoms with Crippen LogP contribution in [0.1, 0.15) is 112 Å². The predicted molar refractivity (Wildman–Crippen MR) is 132 cm³/mol. The molecule has 5 aliphatic carbocycles. The van der Waals surface area contributed by atoms with E-state index in [1.54, 1.807) is 0 Å². The van der Waals surface area contributed by atoms with Crippen LogP contribution in [0, 0.1) is 50.7 Å². The van der Waals surface area contributed by atoms with E-state index in [-0.39, 0.29) is 39.2 Å². The molecule has 4 heteroatoms. The summed E-state index contributed by atoms with van der Waals surface area (Å²) in [6, 6.07) is 0. The Morgan fingerprint density at radius 2 is 1.45 bits per heavy atom. The monoisotopic (exact) mass is 459 g/mol. The molecule has 0 aromatic carbocycles. The van der Waals surface area contributed by atoms with Gasteiger partial charge in [-0.1, -0.05) is 41.5 Å². The van der Waals surface area contributed by atoms with Crippen molar-refractivity contribution in [2.75, 3.05) is 0 Å². The highest BCUT2D eigenvalue weighted by molar-refractivity contribution is 5.75. The van der Waals surface area contributed by atoms with E-state index < -0.39 is 11.4 Å². The summed E-state index contributed by atoms with van der Waals surface area (Å²) < 4.78 is 0. The van der Waals surface area contributed by atoms with Crippen molar-refractivity contribution in [1.29, 1.82) is 0 Å². The lowest BCUT2D eigenvalue weighted by molar-refractivity contribution is -0.231. The van der Waals surface area contributed by atoms with Gasteiger partial charge in [0.25, 0.3) is 0 Å². The standard InChI is InChI=1S/C29H49NO3/c1-24(2)13-14-28(23(32)33)15-16-29(30)18(19(28)17-24)7-8-21-26(5)11-10-22(31)25(3,4)20(26)9-12-27(21,29)6/h18-22,31H,7-17,30H2,1-6H3,(H,32,33)/t18?,19-,20-,21+,22?,26?,27?,28-,29-/m0/s1. The summed E-state index contributed by atoms with van der Waals surface area (Å²) in [5.74, 6) is 1.04. The average Bonchev–Trinajstić information content (AvgIpc) is 2.71. The molecule has 0 heterocycles. The summed E-state index contributed by atoms with van der Waals surface area (Å²) in [7, 11) is 0. The van der Waals surface area contributed by atoms with Crippen LogP contribution < -0.4 is 5.73 Å². The van der Waals surface area contributed by atoms with Crippen molar-refractivity contribution in [3.05, 3.63) is 0 Å². The van der Waals surface area contributed by atoms with Gasteiger partial charge in [-0.15, -0.1) is 0 Å². The maximum absolute atomic E-state index is 12.7. The van der Waals surface area contributed by atoms with Crippen molar-refractivity contribution in [3.8, 4) is 0 Å². The molecule has 5 fully saturated rings. The van der Waals surface area contributed by atoms with Crippen molar-refractivity contribution in [1.82, 2.24) is 0 Å². The highest BCUT2D eigenvalue weighted by Gasteiger charge is 2.71. The van der Waals surface area contributed by atoms with Gasteiger partial charge in [0.15, 0.2) is 0 Å². The molecule has 0 aromatic heterocycles. The average molecular weight is 460 g/mol. The number of rotatable bonds is 1. The number of fused-ring (bicyclic) bond motifs is 7. The Bertz CT molecular complexity index is 837. The zero-order valence-electron chi connectivity index (χ0n) is 22.0. The molecule has 5 aliphatic rings. The Hall–Kier alpha value is -0.610. The molecule has 5 rings (SSSR count). The minimum atomic E-state index is -0.565. The number of carboxylic acid groups (broad SMARTS) is 1. The fourth-order valence-electron chi connectivity index (χ4n) is 11.1. The molecule has 5 saturated carbocycles. The highest BCUT2D eigenvalue weighted by Crippen LogP contribution is 2.73. The predicted octanol–water partition coefficient (Wildman–Crippen LogP) is 6.00. The van der Waals surface area contributed by atoms with Crippen LogP contribution in [0.15, 0.2) is 0 Å². The zero-order valence-corrected chi connectivity index (χ0v) is 22.0. The van der Waals surface area contributed by atoms with Gasteiger partial charge in [0, 0.05) is 5.54 Å². The van der Waals surface area contributed by atoms with Gasteiger partial charge in [0.05, 0.1) is 11.5 Å². The van der Waals surface area contributed by atoms with E-state index in [0.717, 1.165) is 64.2 Å². The maximum atomic E-state index is 12.7. The van der Waals surface area contributed by atoms with Crippen LogP contribution in [-0.2, 0) is 4.79 Å². The third kappa shape index (κ3) is 2.92. The number of carbonyl (C=O) groups is 1. The van der Waals surface area contributed by atoms with Crippen molar-refractivity contribution in [2.24, 2.45) is 56.5 Å². The molecule has 0 radical (unpaired) electrons. The second kappa shape index (κ2) is 6.99. The Kier molecular flexibility index (Phi) is 5.11. The van der Waals surface area contributed by atoms with E-state index in [4.69, 9.17) is 5.73 Å². The molecular formula is C29H49NO3. The summed E-state index contributed by atoms with van der Waals surface area (Å²) in [5.41, 5.74) is 7.21. The Balaban J connectivity index is 1.54. The maximum Gasteiger partial charge on any atom is 0.309 e. The first-order valence-corrected chi connectivity index (χ1v) is 13.8. The minimum Gasteiger partial charge on any atom is -0.481 e. The lowest BCUT2D eigenvalue weighted by atomic mass is 9.33. The Morgan fingerprint density at radius 3 is 2.12 bits per heavy atom. The third-order valence-corrected chi connectivity index (χ3v) is 13.1. The molecule has 0 spiro atoms. The fraction of sp³-hybridized carbons (Fsp3) is 0.966. The van der Waals surface area contributed by atoms with E-state index in [1.165, 1.54) is 6.42 Å². The number of carboxylic acids is 1. The number of hydrogen-bond donors (Lipinski definition) is 3. The van der Waals surface area contributed by atoms with Crippen LogP contribution >= 0.6 is 0 Å². The van der Waals surface area contributed by atoms with E-state index in [2.05, 4.69) is 41.5 Å². The molecule has 9 atom stereocenters. The molecule has 188 valence electrons. The van der Waals surface area contributed by atoms with Crippen molar-refractivity contribution in [3.63, 3.8) is 0 Å². The van der Waals surface area contributed by atoms with E-state index in [9.17, 15) is 15.0 Å². The molecule has 4 unspecified atom stereocenters. The normalized spacial score (nSPS) is 54.8. The van der Waals surface area contributed by atoms with Gasteiger partial charge >= 0.3 is 5.97 Å². The molecule has 0 aromatic rings. The molecular weight excluding hydrogens is 410 g/mol. The van der Waals surface area contributed by atoms with Crippen LogP contribution in [0.25, 0.3) is 0 Å².